The van der Waals surface area contributed by atoms with E-state index in [1.54, 1.807) is 30.3 Å². The van der Waals surface area contributed by atoms with Crippen molar-refractivity contribution in [1.82, 2.24) is 5.32 Å². The molecule has 6 rings (SSSR count). The number of fused-ring (bicyclic) bond motifs is 2. The topological polar surface area (TPSA) is 147 Å². The van der Waals surface area contributed by atoms with Crippen LogP contribution in [0.15, 0.2) is 102 Å². The second-order valence-corrected chi connectivity index (χ2v) is 10.3. The van der Waals surface area contributed by atoms with Crippen molar-refractivity contribution < 1.29 is 33.8 Å². The predicted octanol–water partition coefficient (Wildman–Crippen LogP) is 3.39. The largest absolute Gasteiger partial charge is 0.446 e. The average molecular weight is 593 g/mol. The van der Waals surface area contributed by atoms with Gasteiger partial charge < -0.3 is 24.8 Å². The van der Waals surface area contributed by atoms with Crippen molar-refractivity contribution in [3.63, 3.8) is 0 Å². The number of carbonyl (C=O) groups is 4. The van der Waals surface area contributed by atoms with Crippen molar-refractivity contribution in [2.24, 2.45) is 4.99 Å². The Hall–Kier alpha value is -5.55. The van der Waals surface area contributed by atoms with E-state index in [0.29, 0.717) is 22.6 Å². The van der Waals surface area contributed by atoms with Crippen LogP contribution in [-0.2, 0) is 23.9 Å². The first kappa shape index (κ1) is 28.6. The van der Waals surface area contributed by atoms with Crippen molar-refractivity contribution in [2.45, 2.75) is 24.8 Å². The number of amides is 3. The van der Waals surface area contributed by atoms with E-state index in [1.165, 1.54) is 4.90 Å². The Morgan fingerprint density at radius 3 is 2.45 bits per heavy atom. The zero-order chi connectivity index (χ0) is 30.6. The van der Waals surface area contributed by atoms with Gasteiger partial charge in [0.05, 0.1) is 23.5 Å². The van der Waals surface area contributed by atoms with Gasteiger partial charge in [-0.05, 0) is 17.5 Å². The zero-order valence-electron chi connectivity index (χ0n) is 23.4. The molecule has 1 unspecified atom stereocenters. The number of para-hydroxylation sites is 1. The smallest absolute Gasteiger partial charge is 0.411 e. The first-order chi connectivity index (χ1) is 21.4. The van der Waals surface area contributed by atoms with Gasteiger partial charge in [0.1, 0.15) is 19.2 Å². The molecule has 222 valence electrons. The van der Waals surface area contributed by atoms with Gasteiger partial charge in [-0.25, -0.2) is 4.79 Å². The molecule has 4 aromatic rings. The number of nitrogens with zero attached hydrogens (tertiary/aromatic N) is 2. The van der Waals surface area contributed by atoms with E-state index >= 15 is 0 Å². The summed E-state index contributed by atoms with van der Waals surface area (Å²) in [6.45, 7) is -0.842. The van der Waals surface area contributed by atoms with E-state index in [9.17, 15) is 24.3 Å². The molecule has 0 spiro atoms. The number of nitrogens with one attached hydrogen (secondary N) is 2. The number of aliphatic imine (C=N–C) groups is 1. The SMILES string of the molecule is O=C(CN1C(=O)[C@@H](COC(=O)Nc2cccc3ccccc23)N=C(c2ccccc2)c2ccccc21)N[C@H]1CC(=O)OC1O. The number of ether oxygens (including phenoxy) is 2. The molecule has 0 radical (unpaired) electrons. The molecule has 3 amide bonds. The van der Waals surface area contributed by atoms with Crippen molar-refractivity contribution >= 4 is 51.7 Å². The lowest BCUT2D eigenvalue weighted by Crippen LogP contribution is -2.49. The highest BCUT2D eigenvalue weighted by Gasteiger charge is 2.37. The number of aliphatic hydroxyl groups is 1. The highest BCUT2D eigenvalue weighted by atomic mass is 16.6. The van der Waals surface area contributed by atoms with Gasteiger partial charge >= 0.3 is 12.1 Å². The molecule has 11 nitrogen and oxygen atoms in total. The average Bonchev–Trinajstić information content (AvgIpc) is 3.30. The Kier molecular flexibility index (Phi) is 8.02. The summed E-state index contributed by atoms with van der Waals surface area (Å²) in [6, 6.07) is 27.2. The van der Waals surface area contributed by atoms with Crippen LogP contribution in [0.2, 0.25) is 0 Å². The summed E-state index contributed by atoms with van der Waals surface area (Å²) < 4.78 is 10.2. The quantitative estimate of drug-likeness (QED) is 0.279. The second-order valence-electron chi connectivity index (χ2n) is 10.3. The van der Waals surface area contributed by atoms with E-state index < -0.39 is 55.4 Å². The minimum Gasteiger partial charge on any atom is -0.446 e. The maximum Gasteiger partial charge on any atom is 0.411 e. The number of cyclic esters (lactones) is 1. The van der Waals surface area contributed by atoms with Crippen LogP contribution in [0.1, 0.15) is 17.5 Å². The summed E-state index contributed by atoms with van der Waals surface area (Å²) in [4.78, 5) is 57.7. The van der Waals surface area contributed by atoms with Gasteiger partial charge in [-0.3, -0.25) is 24.7 Å². The molecule has 3 atom stereocenters. The van der Waals surface area contributed by atoms with Crippen LogP contribution >= 0.6 is 0 Å². The van der Waals surface area contributed by atoms with Gasteiger partial charge in [0.2, 0.25) is 12.2 Å². The van der Waals surface area contributed by atoms with Crippen LogP contribution < -0.4 is 15.5 Å². The maximum atomic E-state index is 14.0. The number of aliphatic hydroxyl groups excluding tert-OH is 1. The molecular formula is C33H28N4O7. The van der Waals surface area contributed by atoms with E-state index in [0.717, 1.165) is 16.3 Å². The molecule has 0 aliphatic carbocycles. The number of anilines is 2. The van der Waals surface area contributed by atoms with Gasteiger partial charge in [0, 0.05) is 16.5 Å². The van der Waals surface area contributed by atoms with Gasteiger partial charge in [-0.1, -0.05) is 84.9 Å². The normalized spacial score (nSPS) is 19.4. The van der Waals surface area contributed by atoms with Gasteiger partial charge in [0.15, 0.2) is 6.04 Å². The standard InChI is InChI=1S/C33H28N4O7/c38-28(34-25-17-29(39)44-32(25)41)18-37-27-16-7-6-14-23(27)30(21-10-2-1-3-11-21)35-26(31(37)40)19-43-33(42)36-24-15-8-12-20-9-4-5-13-22(20)24/h1-16,25-26,32,41H,17-19H2,(H,34,38)(H,36,42)/t25-,26+,32?/m0/s1. The molecule has 4 aromatic carbocycles. The van der Waals surface area contributed by atoms with E-state index in [1.807, 2.05) is 66.7 Å². The third kappa shape index (κ3) is 5.99. The van der Waals surface area contributed by atoms with Crippen LogP contribution in [0.25, 0.3) is 10.8 Å². The minimum absolute atomic E-state index is 0.193. The molecule has 0 bridgehead atoms. The highest BCUT2D eigenvalue weighted by molar-refractivity contribution is 6.20. The Labute approximate surface area is 252 Å². The summed E-state index contributed by atoms with van der Waals surface area (Å²) in [5.74, 6) is -1.83. The molecule has 11 heteroatoms. The molecular weight excluding hydrogens is 564 g/mol. The van der Waals surface area contributed by atoms with E-state index in [4.69, 9.17) is 14.5 Å². The van der Waals surface area contributed by atoms with E-state index in [2.05, 4.69) is 10.6 Å². The van der Waals surface area contributed by atoms with Crippen molar-refractivity contribution in [2.75, 3.05) is 23.4 Å². The lowest BCUT2D eigenvalue weighted by atomic mass is 10.0. The fraction of sp³-hybridized carbons (Fsp3) is 0.182. The first-order valence-corrected chi connectivity index (χ1v) is 14.0. The number of hydrogen-bond acceptors (Lipinski definition) is 8. The van der Waals surface area contributed by atoms with Gasteiger partial charge in [0.25, 0.3) is 5.91 Å². The fourth-order valence-corrected chi connectivity index (χ4v) is 5.28. The summed E-state index contributed by atoms with van der Waals surface area (Å²) >= 11 is 0. The van der Waals surface area contributed by atoms with Crippen LogP contribution in [0.5, 0.6) is 0 Å². The first-order valence-electron chi connectivity index (χ1n) is 14.0. The van der Waals surface area contributed by atoms with Gasteiger partial charge in [-0.15, -0.1) is 0 Å². The van der Waals surface area contributed by atoms with Crippen LogP contribution in [0.4, 0.5) is 16.2 Å². The Morgan fingerprint density at radius 1 is 0.932 bits per heavy atom. The number of carbonyl (C=O) groups excluding carboxylic acids is 4. The molecule has 2 aliphatic rings. The summed E-state index contributed by atoms with van der Waals surface area (Å²) in [6.07, 6.45) is -2.44. The van der Waals surface area contributed by atoms with Crippen LogP contribution in [0.3, 0.4) is 0 Å². The summed E-state index contributed by atoms with van der Waals surface area (Å²) in [7, 11) is 0. The Bertz CT molecular complexity index is 1770. The molecule has 44 heavy (non-hydrogen) atoms. The maximum absolute atomic E-state index is 14.0. The number of benzodiazepines with no additional fused rings is 1. The van der Waals surface area contributed by atoms with Gasteiger partial charge in [-0.2, -0.15) is 0 Å². The molecule has 1 saturated heterocycles. The Balaban J connectivity index is 1.27. The van der Waals surface area contributed by atoms with Crippen LogP contribution in [0, 0.1) is 0 Å². The Morgan fingerprint density at radius 2 is 1.66 bits per heavy atom. The number of rotatable bonds is 7. The number of benzene rings is 4. The molecule has 2 aliphatic heterocycles. The highest BCUT2D eigenvalue weighted by Crippen LogP contribution is 2.29. The summed E-state index contributed by atoms with van der Waals surface area (Å²) in [5.41, 5.74) is 2.80. The van der Waals surface area contributed by atoms with Crippen molar-refractivity contribution in [3.05, 3.63) is 108 Å². The molecule has 3 N–H and O–H groups in total. The lowest BCUT2D eigenvalue weighted by Gasteiger charge is -2.25. The second kappa shape index (κ2) is 12.4. The summed E-state index contributed by atoms with van der Waals surface area (Å²) in [5, 5.41) is 17.0. The number of esters is 1. The molecule has 2 heterocycles. The van der Waals surface area contributed by atoms with Crippen molar-refractivity contribution in [3.8, 4) is 0 Å². The minimum atomic E-state index is -1.48. The van der Waals surface area contributed by atoms with Crippen molar-refractivity contribution in [1.29, 1.82) is 0 Å². The fourth-order valence-electron chi connectivity index (χ4n) is 5.28. The monoisotopic (exact) mass is 592 g/mol. The van der Waals surface area contributed by atoms with E-state index in [-0.39, 0.29) is 6.42 Å². The number of hydrogen-bond donors (Lipinski definition) is 3. The third-order valence-corrected chi connectivity index (χ3v) is 7.36. The molecule has 0 aromatic heterocycles. The molecule has 0 saturated carbocycles. The third-order valence-electron chi connectivity index (χ3n) is 7.36. The molecule has 1 fully saturated rings. The zero-order valence-corrected chi connectivity index (χ0v) is 23.4. The predicted molar refractivity (Wildman–Crippen MR) is 162 cm³/mol. The van der Waals surface area contributed by atoms with Crippen LogP contribution in [-0.4, -0.2) is 66.2 Å². The lowest BCUT2D eigenvalue weighted by molar-refractivity contribution is -0.155.